The molecule has 4 aromatic rings. The van der Waals surface area contributed by atoms with Gasteiger partial charge in [-0.2, -0.15) is 5.10 Å². The molecule has 0 aliphatic carbocycles. The maximum atomic E-state index is 4.79. The molecule has 148 valence electrons. The number of piperidine rings is 1. The van der Waals surface area contributed by atoms with Gasteiger partial charge in [-0.1, -0.05) is 12.1 Å². The number of nitrogens with zero attached hydrogens (tertiary/aromatic N) is 6. The van der Waals surface area contributed by atoms with E-state index in [1.165, 1.54) is 24.9 Å². The van der Waals surface area contributed by atoms with E-state index in [1.807, 2.05) is 35.4 Å². The average Bonchev–Trinajstić information content (AvgIpc) is 3.20. The Labute approximate surface area is 169 Å². The van der Waals surface area contributed by atoms with E-state index in [-0.39, 0.29) is 6.04 Å². The summed E-state index contributed by atoms with van der Waals surface area (Å²) in [6.45, 7) is 6.47. The van der Waals surface area contributed by atoms with Crippen molar-refractivity contribution in [2.75, 3.05) is 23.3 Å². The second-order valence-electron chi connectivity index (χ2n) is 7.89. The molecule has 1 saturated heterocycles. The van der Waals surface area contributed by atoms with E-state index in [0.717, 1.165) is 40.7 Å². The van der Waals surface area contributed by atoms with Gasteiger partial charge in [-0.05, 0) is 45.2 Å². The average molecular weight is 387 g/mol. The van der Waals surface area contributed by atoms with Crippen molar-refractivity contribution in [1.82, 2.24) is 24.7 Å². The molecule has 0 spiro atoms. The lowest BCUT2D eigenvalue weighted by Gasteiger charge is -2.28. The van der Waals surface area contributed by atoms with Crippen molar-refractivity contribution in [3.8, 4) is 0 Å². The molecular weight excluding hydrogens is 362 g/mol. The third kappa shape index (κ3) is 3.37. The van der Waals surface area contributed by atoms with Crippen LogP contribution in [0.25, 0.3) is 21.8 Å². The van der Waals surface area contributed by atoms with Gasteiger partial charge in [-0.3, -0.25) is 4.68 Å². The maximum absolute atomic E-state index is 4.79. The number of benzene rings is 1. The van der Waals surface area contributed by atoms with Gasteiger partial charge in [0.2, 0.25) is 5.95 Å². The molecular formula is C22H25N7. The number of nitrogens with one attached hydrogen (secondary N) is 1. The molecule has 1 aliphatic rings. The molecule has 0 amide bonds. The van der Waals surface area contributed by atoms with Gasteiger partial charge in [0.1, 0.15) is 11.3 Å². The first kappa shape index (κ1) is 17.8. The first-order chi connectivity index (χ1) is 14.2. The molecule has 29 heavy (non-hydrogen) atoms. The molecule has 7 nitrogen and oxygen atoms in total. The van der Waals surface area contributed by atoms with E-state index in [1.54, 1.807) is 0 Å². The highest BCUT2D eigenvalue weighted by Gasteiger charge is 2.13. The molecule has 7 heteroatoms. The van der Waals surface area contributed by atoms with E-state index in [2.05, 4.69) is 51.3 Å². The van der Waals surface area contributed by atoms with Crippen LogP contribution >= 0.6 is 0 Å². The minimum atomic E-state index is 0.258. The van der Waals surface area contributed by atoms with E-state index in [4.69, 9.17) is 4.98 Å². The highest BCUT2D eigenvalue weighted by molar-refractivity contribution is 6.03. The van der Waals surface area contributed by atoms with Gasteiger partial charge in [0.15, 0.2) is 0 Å². The number of hydrogen-bond donors (Lipinski definition) is 1. The van der Waals surface area contributed by atoms with Crippen LogP contribution in [-0.4, -0.2) is 37.8 Å². The molecule has 0 unspecified atom stereocenters. The summed E-state index contributed by atoms with van der Waals surface area (Å²) in [6.07, 6.45) is 9.51. The molecule has 1 aromatic carbocycles. The van der Waals surface area contributed by atoms with Crippen LogP contribution in [0.1, 0.15) is 39.2 Å². The van der Waals surface area contributed by atoms with Gasteiger partial charge in [0, 0.05) is 36.1 Å². The molecule has 1 N–H and O–H groups in total. The Hall–Kier alpha value is -3.22. The summed E-state index contributed by atoms with van der Waals surface area (Å²) >= 11 is 0. The molecule has 0 radical (unpaired) electrons. The van der Waals surface area contributed by atoms with Crippen molar-refractivity contribution in [2.45, 2.75) is 39.2 Å². The summed E-state index contributed by atoms with van der Waals surface area (Å²) in [5.74, 6) is 1.29. The van der Waals surface area contributed by atoms with Gasteiger partial charge in [-0.15, -0.1) is 0 Å². The lowest BCUT2D eigenvalue weighted by Crippen LogP contribution is -2.29. The highest BCUT2D eigenvalue weighted by atomic mass is 15.3. The number of rotatable bonds is 4. The number of aromatic nitrogens is 5. The fourth-order valence-electron chi connectivity index (χ4n) is 3.99. The van der Waals surface area contributed by atoms with Crippen molar-refractivity contribution < 1.29 is 0 Å². The maximum Gasteiger partial charge on any atom is 0.228 e. The van der Waals surface area contributed by atoms with E-state index >= 15 is 0 Å². The number of fused-ring (bicyclic) bond motifs is 3. The van der Waals surface area contributed by atoms with Crippen molar-refractivity contribution in [3.63, 3.8) is 0 Å². The molecule has 3 aromatic heterocycles. The van der Waals surface area contributed by atoms with Crippen LogP contribution in [0.4, 0.5) is 17.5 Å². The smallest absolute Gasteiger partial charge is 0.228 e. The highest BCUT2D eigenvalue weighted by Crippen LogP contribution is 2.27. The van der Waals surface area contributed by atoms with E-state index in [0.29, 0.717) is 5.95 Å². The molecule has 1 fully saturated rings. The van der Waals surface area contributed by atoms with Gasteiger partial charge in [0.05, 0.1) is 23.6 Å². The molecule has 0 atom stereocenters. The molecule has 4 heterocycles. The molecule has 0 bridgehead atoms. The predicted octanol–water partition coefficient (Wildman–Crippen LogP) is 4.69. The Kier molecular flexibility index (Phi) is 4.50. The van der Waals surface area contributed by atoms with Crippen LogP contribution in [-0.2, 0) is 0 Å². The zero-order valence-electron chi connectivity index (χ0n) is 16.8. The molecule has 1 aliphatic heterocycles. The normalized spacial score (nSPS) is 14.8. The summed E-state index contributed by atoms with van der Waals surface area (Å²) in [5.41, 5.74) is 3.12. The van der Waals surface area contributed by atoms with Crippen LogP contribution in [0.3, 0.4) is 0 Å². The molecule has 0 saturated carbocycles. The van der Waals surface area contributed by atoms with Gasteiger partial charge < -0.3 is 10.2 Å². The summed E-state index contributed by atoms with van der Waals surface area (Å²) in [7, 11) is 0. The number of anilines is 3. The van der Waals surface area contributed by atoms with Crippen LogP contribution in [0, 0.1) is 0 Å². The number of hydrogen-bond acceptors (Lipinski definition) is 6. The topological polar surface area (TPSA) is 71.8 Å². The quantitative estimate of drug-likeness (QED) is 0.548. The fourth-order valence-corrected chi connectivity index (χ4v) is 3.99. The van der Waals surface area contributed by atoms with Gasteiger partial charge in [-0.25, -0.2) is 15.0 Å². The minimum Gasteiger partial charge on any atom is -0.370 e. The Morgan fingerprint density at radius 2 is 1.72 bits per heavy atom. The Bertz CT molecular complexity index is 1140. The lowest BCUT2D eigenvalue weighted by atomic mass is 10.1. The summed E-state index contributed by atoms with van der Waals surface area (Å²) in [6, 6.07) is 8.48. The third-order valence-electron chi connectivity index (χ3n) is 5.51. The summed E-state index contributed by atoms with van der Waals surface area (Å²) in [5, 5.41) is 9.86. The predicted molar refractivity (Wildman–Crippen MR) is 117 cm³/mol. The molecule has 5 rings (SSSR count). The van der Waals surface area contributed by atoms with Gasteiger partial charge >= 0.3 is 0 Å². The van der Waals surface area contributed by atoms with Crippen molar-refractivity contribution in [2.24, 2.45) is 0 Å². The third-order valence-corrected chi connectivity index (χ3v) is 5.51. The summed E-state index contributed by atoms with van der Waals surface area (Å²) < 4.78 is 2.01. The Morgan fingerprint density at radius 3 is 2.48 bits per heavy atom. The van der Waals surface area contributed by atoms with Crippen LogP contribution < -0.4 is 10.2 Å². The number of pyridine rings is 1. The van der Waals surface area contributed by atoms with E-state index in [9.17, 15) is 0 Å². The van der Waals surface area contributed by atoms with Crippen molar-refractivity contribution in [3.05, 3.63) is 42.9 Å². The lowest BCUT2D eigenvalue weighted by molar-refractivity contribution is 0.552. The Balaban J connectivity index is 1.46. The second kappa shape index (κ2) is 7.31. The summed E-state index contributed by atoms with van der Waals surface area (Å²) in [4.78, 5) is 16.2. The monoisotopic (exact) mass is 387 g/mol. The first-order valence-electron chi connectivity index (χ1n) is 10.3. The van der Waals surface area contributed by atoms with Crippen LogP contribution in [0.2, 0.25) is 0 Å². The van der Waals surface area contributed by atoms with Gasteiger partial charge in [0.25, 0.3) is 0 Å². The first-order valence-corrected chi connectivity index (χ1v) is 10.3. The van der Waals surface area contributed by atoms with Crippen LogP contribution in [0.5, 0.6) is 0 Å². The second-order valence-corrected chi connectivity index (χ2v) is 7.89. The Morgan fingerprint density at radius 1 is 0.897 bits per heavy atom. The zero-order chi connectivity index (χ0) is 19.8. The van der Waals surface area contributed by atoms with Crippen molar-refractivity contribution >= 4 is 39.3 Å². The van der Waals surface area contributed by atoms with E-state index < -0.39 is 0 Å². The fraction of sp³-hybridized carbons (Fsp3) is 0.364. The standard InChI is InChI=1S/C22H25N7/c1-15(2)29-21-17(13-25-29)7-6-16-12-24-22(27-20(16)21)26-19-9-8-18(14-23-19)28-10-4-3-5-11-28/h6-9,12-15H,3-5,10-11H2,1-2H3,(H,23,24,26,27). The largest absolute Gasteiger partial charge is 0.370 e. The van der Waals surface area contributed by atoms with Crippen LogP contribution in [0.15, 0.2) is 42.9 Å². The minimum absolute atomic E-state index is 0.258. The zero-order valence-corrected chi connectivity index (χ0v) is 16.8. The van der Waals surface area contributed by atoms with Crippen molar-refractivity contribution in [1.29, 1.82) is 0 Å². The SMILES string of the molecule is CC(C)n1ncc2ccc3cnc(Nc4ccc(N5CCCCC5)cn4)nc3c21.